The summed E-state index contributed by atoms with van der Waals surface area (Å²) >= 11 is 0. The van der Waals surface area contributed by atoms with Crippen molar-refractivity contribution in [2.45, 2.75) is 33.2 Å². The molecule has 0 saturated carbocycles. The van der Waals surface area contributed by atoms with E-state index >= 15 is 0 Å². The molecule has 1 fully saturated rings. The maximum Gasteiger partial charge on any atom is 0.361 e. The van der Waals surface area contributed by atoms with Crippen LogP contribution in [0.1, 0.15) is 33.7 Å². The number of carbonyl (C=O) groups excluding carboxylic acids is 2. The average Bonchev–Trinajstić information content (AvgIpc) is 3.21. The molecule has 1 aromatic carbocycles. The summed E-state index contributed by atoms with van der Waals surface area (Å²) in [6.07, 6.45) is 0.391. The maximum absolute atomic E-state index is 12.4. The maximum atomic E-state index is 12.4. The first-order chi connectivity index (χ1) is 13.6. The molecule has 29 heavy (non-hydrogen) atoms. The molecule has 0 spiro atoms. The van der Waals surface area contributed by atoms with E-state index in [9.17, 15) is 18.0 Å². The van der Waals surface area contributed by atoms with Crippen molar-refractivity contribution in [2.24, 2.45) is 0 Å². The van der Waals surface area contributed by atoms with E-state index in [1.807, 2.05) is 32.0 Å². The highest BCUT2D eigenvalue weighted by atomic mass is 32.2. The quantitative estimate of drug-likeness (QED) is 0.663. The SMILES string of the molecule is Cc1ccc(-n2nc(C)c(C(=O)OCC(=O)N(C)[C@H]3CCS(=O)(=O)C3)n2)c(C)c1. The average molecular weight is 420 g/mol. The van der Waals surface area contributed by atoms with E-state index in [0.717, 1.165) is 16.8 Å². The molecular weight excluding hydrogens is 396 g/mol. The van der Waals surface area contributed by atoms with Crippen LogP contribution < -0.4 is 0 Å². The van der Waals surface area contributed by atoms with Crippen molar-refractivity contribution >= 4 is 21.7 Å². The Balaban J connectivity index is 1.65. The Bertz CT molecular complexity index is 1060. The second-order valence-corrected chi connectivity index (χ2v) is 9.58. The van der Waals surface area contributed by atoms with Crippen LogP contribution in [0.5, 0.6) is 0 Å². The third-order valence-electron chi connectivity index (χ3n) is 5.02. The fraction of sp³-hybridized carbons (Fsp3) is 0.474. The fourth-order valence-corrected chi connectivity index (χ4v) is 5.06. The third kappa shape index (κ3) is 4.64. The van der Waals surface area contributed by atoms with Gasteiger partial charge in [0.2, 0.25) is 0 Å². The number of benzene rings is 1. The van der Waals surface area contributed by atoms with Crippen molar-refractivity contribution in [2.75, 3.05) is 25.2 Å². The number of aromatic nitrogens is 3. The second-order valence-electron chi connectivity index (χ2n) is 7.35. The molecule has 1 saturated heterocycles. The number of hydrogen-bond donors (Lipinski definition) is 0. The van der Waals surface area contributed by atoms with Gasteiger partial charge in [0.25, 0.3) is 5.91 Å². The Kier molecular flexibility index (Phi) is 5.74. The zero-order chi connectivity index (χ0) is 21.3. The van der Waals surface area contributed by atoms with E-state index in [1.165, 1.54) is 16.7 Å². The largest absolute Gasteiger partial charge is 0.451 e. The van der Waals surface area contributed by atoms with Gasteiger partial charge in [0.15, 0.2) is 22.1 Å². The van der Waals surface area contributed by atoms with Crippen LogP contribution in [0.25, 0.3) is 5.69 Å². The van der Waals surface area contributed by atoms with Crippen LogP contribution >= 0.6 is 0 Å². The standard InChI is InChI=1S/C19H24N4O5S/c1-12-5-6-16(13(2)9-12)23-20-14(3)18(21-23)19(25)28-10-17(24)22(4)15-7-8-29(26,27)11-15/h5-6,9,15H,7-8,10-11H2,1-4H3/t15-/m0/s1. The number of rotatable bonds is 5. The zero-order valence-corrected chi connectivity index (χ0v) is 17.7. The van der Waals surface area contributed by atoms with Crippen molar-refractivity contribution in [3.63, 3.8) is 0 Å². The van der Waals surface area contributed by atoms with E-state index in [-0.39, 0.29) is 17.2 Å². The lowest BCUT2D eigenvalue weighted by Gasteiger charge is -2.23. The Morgan fingerprint density at radius 1 is 1.24 bits per heavy atom. The van der Waals surface area contributed by atoms with Gasteiger partial charge in [-0.2, -0.15) is 9.90 Å². The summed E-state index contributed by atoms with van der Waals surface area (Å²) in [6, 6.07) is 5.40. The molecule has 2 aromatic rings. The molecular formula is C19H24N4O5S. The highest BCUT2D eigenvalue weighted by molar-refractivity contribution is 7.91. The highest BCUT2D eigenvalue weighted by Gasteiger charge is 2.33. The van der Waals surface area contributed by atoms with Crippen molar-refractivity contribution in [3.05, 3.63) is 40.7 Å². The summed E-state index contributed by atoms with van der Waals surface area (Å²) < 4.78 is 28.3. The number of carbonyl (C=O) groups is 2. The number of likely N-dealkylation sites (N-methyl/N-ethyl adjacent to an activating group) is 1. The van der Waals surface area contributed by atoms with Gasteiger partial charge in [0.05, 0.1) is 22.9 Å². The molecule has 0 N–H and O–H groups in total. The van der Waals surface area contributed by atoms with E-state index in [2.05, 4.69) is 10.2 Å². The molecule has 10 heteroatoms. The summed E-state index contributed by atoms with van der Waals surface area (Å²) in [7, 11) is -1.59. The van der Waals surface area contributed by atoms with E-state index in [0.29, 0.717) is 12.1 Å². The van der Waals surface area contributed by atoms with Crippen LogP contribution in [0.15, 0.2) is 18.2 Å². The number of hydrogen-bond acceptors (Lipinski definition) is 7. The number of esters is 1. The molecule has 1 aliphatic rings. The highest BCUT2D eigenvalue weighted by Crippen LogP contribution is 2.17. The topological polar surface area (TPSA) is 111 Å². The summed E-state index contributed by atoms with van der Waals surface area (Å²) in [6.45, 7) is 5.07. The summed E-state index contributed by atoms with van der Waals surface area (Å²) in [5.41, 5.74) is 3.23. The molecule has 0 unspecified atom stereocenters. The van der Waals surface area contributed by atoms with Gasteiger partial charge in [0, 0.05) is 13.1 Å². The van der Waals surface area contributed by atoms with Gasteiger partial charge in [-0.15, -0.1) is 5.10 Å². The monoisotopic (exact) mass is 420 g/mol. The number of sulfone groups is 1. The number of amides is 1. The van der Waals surface area contributed by atoms with Gasteiger partial charge in [-0.25, -0.2) is 13.2 Å². The molecule has 1 aliphatic heterocycles. The Hall–Kier alpha value is -2.75. The van der Waals surface area contributed by atoms with Gasteiger partial charge < -0.3 is 9.64 Å². The van der Waals surface area contributed by atoms with Gasteiger partial charge >= 0.3 is 5.97 Å². The first kappa shape index (κ1) is 21.0. The minimum Gasteiger partial charge on any atom is -0.451 e. The van der Waals surface area contributed by atoms with Crippen LogP contribution in [0.2, 0.25) is 0 Å². The second kappa shape index (κ2) is 7.94. The summed E-state index contributed by atoms with van der Waals surface area (Å²) in [4.78, 5) is 27.4. The van der Waals surface area contributed by atoms with Gasteiger partial charge in [-0.1, -0.05) is 17.7 Å². The van der Waals surface area contributed by atoms with Crippen molar-refractivity contribution < 1.29 is 22.7 Å². The number of nitrogens with zero attached hydrogens (tertiary/aromatic N) is 4. The molecule has 3 rings (SSSR count). The van der Waals surface area contributed by atoms with Crippen LogP contribution in [0.4, 0.5) is 0 Å². The molecule has 156 valence electrons. The lowest BCUT2D eigenvalue weighted by Crippen LogP contribution is -2.40. The first-order valence-corrected chi connectivity index (χ1v) is 11.0. The molecule has 0 bridgehead atoms. The van der Waals surface area contributed by atoms with Crippen LogP contribution in [-0.2, 0) is 19.4 Å². The lowest BCUT2D eigenvalue weighted by atomic mass is 10.1. The van der Waals surface area contributed by atoms with Crippen LogP contribution in [0.3, 0.4) is 0 Å². The molecule has 2 heterocycles. The first-order valence-electron chi connectivity index (χ1n) is 9.22. The molecule has 1 amide bonds. The fourth-order valence-electron chi connectivity index (χ4n) is 3.29. The molecule has 0 aliphatic carbocycles. The van der Waals surface area contributed by atoms with Crippen molar-refractivity contribution in [1.82, 2.24) is 19.9 Å². The Labute approximate surface area is 169 Å². The normalized spacial score (nSPS) is 17.9. The van der Waals surface area contributed by atoms with Gasteiger partial charge in [-0.3, -0.25) is 4.79 Å². The van der Waals surface area contributed by atoms with E-state index < -0.39 is 34.4 Å². The van der Waals surface area contributed by atoms with E-state index in [4.69, 9.17) is 4.74 Å². The predicted molar refractivity (Wildman–Crippen MR) is 106 cm³/mol. The smallest absolute Gasteiger partial charge is 0.361 e. The minimum atomic E-state index is -3.11. The molecule has 9 nitrogen and oxygen atoms in total. The summed E-state index contributed by atoms with van der Waals surface area (Å²) in [5, 5.41) is 8.49. The third-order valence-corrected chi connectivity index (χ3v) is 6.77. The molecule has 0 radical (unpaired) electrons. The molecule has 1 aromatic heterocycles. The predicted octanol–water partition coefficient (Wildman–Crippen LogP) is 0.995. The molecule has 1 atom stereocenters. The summed E-state index contributed by atoms with van der Waals surface area (Å²) in [5.74, 6) is -1.21. The number of aryl methyl sites for hydroxylation is 3. The Morgan fingerprint density at radius 3 is 2.59 bits per heavy atom. The number of ether oxygens (including phenoxy) is 1. The van der Waals surface area contributed by atoms with Crippen LogP contribution in [0, 0.1) is 20.8 Å². The van der Waals surface area contributed by atoms with E-state index in [1.54, 1.807) is 6.92 Å². The van der Waals surface area contributed by atoms with Gasteiger partial charge in [-0.05, 0) is 38.8 Å². The van der Waals surface area contributed by atoms with Crippen LogP contribution in [-0.4, -0.2) is 71.4 Å². The minimum absolute atomic E-state index is 0.0314. The van der Waals surface area contributed by atoms with Crippen molar-refractivity contribution in [3.8, 4) is 5.69 Å². The van der Waals surface area contributed by atoms with Crippen molar-refractivity contribution in [1.29, 1.82) is 0 Å². The zero-order valence-electron chi connectivity index (χ0n) is 16.9. The van der Waals surface area contributed by atoms with Gasteiger partial charge in [0.1, 0.15) is 0 Å². The Morgan fingerprint density at radius 2 is 1.97 bits per heavy atom. The lowest BCUT2D eigenvalue weighted by molar-refractivity contribution is -0.134.